The van der Waals surface area contributed by atoms with Gasteiger partial charge in [0.25, 0.3) is 11.5 Å². The molecule has 26 heavy (non-hydrogen) atoms. The van der Waals surface area contributed by atoms with Crippen LogP contribution in [0.1, 0.15) is 41.4 Å². The number of carbonyl (C=O) groups excluding carboxylic acids is 1. The van der Waals surface area contributed by atoms with E-state index >= 15 is 0 Å². The Labute approximate surface area is 153 Å². The third kappa shape index (κ3) is 4.58. The molecular weight excluding hydrogens is 328 g/mol. The lowest BCUT2D eigenvalue weighted by Gasteiger charge is -2.31. The van der Waals surface area contributed by atoms with Gasteiger partial charge in [-0.3, -0.25) is 14.5 Å². The van der Waals surface area contributed by atoms with Crippen molar-refractivity contribution in [2.75, 3.05) is 13.1 Å². The number of benzene rings is 1. The van der Waals surface area contributed by atoms with Crippen molar-refractivity contribution in [1.29, 1.82) is 0 Å². The Hall–Kier alpha value is -2.47. The maximum Gasteiger partial charge on any atom is 0.271 e. The van der Waals surface area contributed by atoms with Gasteiger partial charge >= 0.3 is 0 Å². The van der Waals surface area contributed by atoms with Crippen LogP contribution in [-0.4, -0.2) is 33.7 Å². The minimum atomic E-state index is -0.276. The number of hydrogen-bond acceptors (Lipinski definition) is 4. The molecular formula is C20H26N4O2. The Morgan fingerprint density at radius 1 is 1.23 bits per heavy atom. The van der Waals surface area contributed by atoms with Crippen molar-refractivity contribution in [3.63, 3.8) is 0 Å². The molecule has 1 amide bonds. The van der Waals surface area contributed by atoms with Gasteiger partial charge < -0.3 is 5.32 Å². The van der Waals surface area contributed by atoms with Gasteiger partial charge in [0.2, 0.25) is 0 Å². The average molecular weight is 354 g/mol. The van der Waals surface area contributed by atoms with E-state index in [1.54, 1.807) is 0 Å². The van der Waals surface area contributed by atoms with E-state index in [2.05, 4.69) is 34.4 Å². The maximum absolute atomic E-state index is 12.3. The second-order valence-electron chi connectivity index (χ2n) is 7.11. The van der Waals surface area contributed by atoms with E-state index in [1.165, 1.54) is 42.3 Å². The number of aromatic nitrogens is 2. The molecule has 0 radical (unpaired) electrons. The summed E-state index contributed by atoms with van der Waals surface area (Å²) in [5.74, 6) is 0.466. The van der Waals surface area contributed by atoms with E-state index in [0.29, 0.717) is 6.54 Å². The van der Waals surface area contributed by atoms with Gasteiger partial charge in [0.1, 0.15) is 5.69 Å². The molecule has 1 aliphatic heterocycles. The molecule has 6 heteroatoms. The van der Waals surface area contributed by atoms with Gasteiger partial charge in [-0.25, -0.2) is 4.68 Å². The number of rotatable bonds is 5. The second-order valence-corrected chi connectivity index (χ2v) is 7.11. The molecule has 0 spiro atoms. The third-order valence-electron chi connectivity index (χ3n) is 4.89. The molecule has 1 saturated heterocycles. The Kier molecular flexibility index (Phi) is 5.83. The van der Waals surface area contributed by atoms with Gasteiger partial charge in [-0.05, 0) is 42.5 Å². The summed E-state index contributed by atoms with van der Waals surface area (Å²) in [6.45, 7) is 5.92. The lowest BCUT2D eigenvalue weighted by atomic mass is 9.99. The van der Waals surface area contributed by atoms with Crippen molar-refractivity contribution < 1.29 is 4.79 Å². The highest BCUT2D eigenvalue weighted by atomic mass is 16.2. The van der Waals surface area contributed by atoms with Crippen molar-refractivity contribution in [1.82, 2.24) is 20.0 Å². The monoisotopic (exact) mass is 354 g/mol. The average Bonchev–Trinajstić information content (AvgIpc) is 2.63. The van der Waals surface area contributed by atoms with Crippen LogP contribution in [0.2, 0.25) is 0 Å². The minimum absolute atomic E-state index is 0.234. The van der Waals surface area contributed by atoms with Crippen molar-refractivity contribution in [3.8, 4) is 0 Å². The van der Waals surface area contributed by atoms with E-state index < -0.39 is 0 Å². The zero-order valence-corrected chi connectivity index (χ0v) is 15.4. The minimum Gasteiger partial charge on any atom is -0.347 e. The molecule has 1 aromatic heterocycles. The number of amides is 1. The molecule has 138 valence electrons. The molecule has 1 fully saturated rings. The number of nitrogens with one attached hydrogen (secondary N) is 1. The fraction of sp³-hybridized carbons (Fsp3) is 0.450. The molecule has 1 unspecified atom stereocenters. The molecule has 3 rings (SSSR count). The first kappa shape index (κ1) is 18.3. The molecule has 1 aliphatic rings. The highest BCUT2D eigenvalue weighted by Gasteiger charge is 2.17. The fourth-order valence-corrected chi connectivity index (χ4v) is 3.44. The highest BCUT2D eigenvalue weighted by molar-refractivity contribution is 5.91. The number of nitrogens with zero attached hydrogens (tertiary/aromatic N) is 3. The van der Waals surface area contributed by atoms with Crippen LogP contribution in [0.5, 0.6) is 0 Å². The van der Waals surface area contributed by atoms with Crippen LogP contribution < -0.4 is 10.9 Å². The van der Waals surface area contributed by atoms with Crippen LogP contribution >= 0.6 is 0 Å². The van der Waals surface area contributed by atoms with Crippen molar-refractivity contribution in [2.24, 2.45) is 13.0 Å². The Morgan fingerprint density at radius 3 is 2.73 bits per heavy atom. The highest BCUT2D eigenvalue weighted by Crippen LogP contribution is 2.19. The topological polar surface area (TPSA) is 67.2 Å². The summed E-state index contributed by atoms with van der Waals surface area (Å²) in [6, 6.07) is 11.0. The third-order valence-corrected chi connectivity index (χ3v) is 4.89. The quantitative estimate of drug-likeness (QED) is 0.891. The summed E-state index contributed by atoms with van der Waals surface area (Å²) in [4.78, 5) is 26.2. The van der Waals surface area contributed by atoms with Crippen molar-refractivity contribution >= 4 is 5.91 Å². The molecule has 0 aliphatic carbocycles. The first-order valence-corrected chi connectivity index (χ1v) is 9.14. The zero-order valence-electron chi connectivity index (χ0n) is 15.4. The zero-order chi connectivity index (χ0) is 18.5. The lowest BCUT2D eigenvalue weighted by molar-refractivity contribution is 0.0943. The van der Waals surface area contributed by atoms with Crippen molar-refractivity contribution in [2.45, 2.75) is 32.9 Å². The molecule has 0 saturated carbocycles. The van der Waals surface area contributed by atoms with Crippen LogP contribution in [0.15, 0.2) is 41.2 Å². The molecule has 2 heterocycles. The van der Waals surface area contributed by atoms with E-state index in [9.17, 15) is 9.59 Å². The summed E-state index contributed by atoms with van der Waals surface area (Å²) in [5, 5.41) is 6.91. The molecule has 6 nitrogen and oxygen atoms in total. The predicted octanol–water partition coefficient (Wildman–Crippen LogP) is 1.94. The van der Waals surface area contributed by atoms with Crippen molar-refractivity contribution in [3.05, 3.63) is 63.6 Å². The SMILES string of the molecule is CC1CCCN(Cc2ccccc2CNC(=O)c2ccc(=O)n(C)n2)C1. The molecule has 1 atom stereocenters. The van der Waals surface area contributed by atoms with E-state index in [1.807, 2.05) is 12.1 Å². The van der Waals surface area contributed by atoms with Gasteiger partial charge in [0.05, 0.1) is 0 Å². The Morgan fingerprint density at radius 2 is 2.00 bits per heavy atom. The summed E-state index contributed by atoms with van der Waals surface area (Å²) in [6.07, 6.45) is 2.55. The first-order chi connectivity index (χ1) is 12.5. The fourth-order valence-electron chi connectivity index (χ4n) is 3.44. The summed E-state index contributed by atoms with van der Waals surface area (Å²) in [7, 11) is 1.54. The number of aryl methyl sites for hydroxylation is 1. The second kappa shape index (κ2) is 8.27. The standard InChI is InChI=1S/C20H26N4O2/c1-15-6-5-11-24(13-15)14-17-8-4-3-7-16(17)12-21-20(26)18-9-10-19(25)23(2)22-18/h3-4,7-10,15H,5-6,11-14H2,1-2H3,(H,21,26). The van der Waals surface area contributed by atoms with Crippen LogP contribution in [0, 0.1) is 5.92 Å². The lowest BCUT2D eigenvalue weighted by Crippen LogP contribution is -2.34. The van der Waals surface area contributed by atoms with Gasteiger partial charge in [0.15, 0.2) is 0 Å². The summed E-state index contributed by atoms with van der Waals surface area (Å²) in [5.41, 5.74) is 2.37. The van der Waals surface area contributed by atoms with Gasteiger partial charge in [-0.1, -0.05) is 31.2 Å². The number of hydrogen-bond donors (Lipinski definition) is 1. The van der Waals surface area contributed by atoms with Gasteiger partial charge in [-0.2, -0.15) is 5.10 Å². The predicted molar refractivity (Wildman–Crippen MR) is 101 cm³/mol. The van der Waals surface area contributed by atoms with Gasteiger partial charge in [0, 0.05) is 32.7 Å². The van der Waals surface area contributed by atoms with Crippen LogP contribution in [0.25, 0.3) is 0 Å². The summed E-state index contributed by atoms with van der Waals surface area (Å²) >= 11 is 0. The van der Waals surface area contributed by atoms with Crippen LogP contribution in [-0.2, 0) is 20.1 Å². The molecule has 0 bridgehead atoms. The normalized spacial score (nSPS) is 17.8. The smallest absolute Gasteiger partial charge is 0.271 e. The Bertz CT molecular complexity index is 831. The van der Waals surface area contributed by atoms with E-state index in [0.717, 1.165) is 31.1 Å². The van der Waals surface area contributed by atoms with Crippen LogP contribution in [0.4, 0.5) is 0 Å². The largest absolute Gasteiger partial charge is 0.347 e. The number of piperidine rings is 1. The van der Waals surface area contributed by atoms with E-state index in [4.69, 9.17) is 0 Å². The summed E-state index contributed by atoms with van der Waals surface area (Å²) < 4.78 is 1.17. The Balaban J connectivity index is 1.65. The van der Waals surface area contributed by atoms with Crippen LogP contribution in [0.3, 0.4) is 0 Å². The maximum atomic E-state index is 12.3. The molecule has 1 aromatic carbocycles. The van der Waals surface area contributed by atoms with Gasteiger partial charge in [-0.15, -0.1) is 0 Å². The van der Waals surface area contributed by atoms with E-state index in [-0.39, 0.29) is 17.2 Å². The number of carbonyl (C=O) groups is 1. The molecule has 2 aromatic rings. The first-order valence-electron chi connectivity index (χ1n) is 9.14. The number of likely N-dealkylation sites (tertiary alicyclic amines) is 1. The molecule has 1 N–H and O–H groups in total.